The van der Waals surface area contributed by atoms with E-state index in [-0.39, 0.29) is 5.41 Å². The average Bonchev–Trinajstić information content (AvgIpc) is 3.93. The molecule has 0 bridgehead atoms. The first-order valence-electron chi connectivity index (χ1n) is 18.8. The van der Waals surface area contributed by atoms with Crippen LogP contribution in [0.2, 0.25) is 0 Å². The van der Waals surface area contributed by atoms with E-state index < -0.39 is 0 Å². The lowest BCUT2D eigenvalue weighted by molar-refractivity contribution is 0.660. The molecular formula is C51H34N2S. The van der Waals surface area contributed by atoms with Gasteiger partial charge in [0.15, 0.2) is 0 Å². The molecule has 12 rings (SSSR count). The smallest absolute Gasteiger partial charge is 0.0640 e. The van der Waals surface area contributed by atoms with E-state index in [0.717, 1.165) is 0 Å². The van der Waals surface area contributed by atoms with E-state index in [4.69, 9.17) is 0 Å². The van der Waals surface area contributed by atoms with Gasteiger partial charge in [0, 0.05) is 48.1 Å². The van der Waals surface area contributed by atoms with Crippen molar-refractivity contribution in [1.82, 2.24) is 9.13 Å². The highest BCUT2D eigenvalue weighted by atomic mass is 32.1. The molecule has 0 aliphatic heterocycles. The molecule has 2 nitrogen and oxygen atoms in total. The molecule has 0 radical (unpaired) electrons. The fourth-order valence-electron chi connectivity index (χ4n) is 9.58. The summed E-state index contributed by atoms with van der Waals surface area (Å²) < 4.78 is 7.58. The highest BCUT2D eigenvalue weighted by Crippen LogP contribution is 2.50. The standard InChI is InChI=1S/C51H34N2S/c1-51(2)42-17-7-3-12-34(42)35-25-24-33(30-43(35)51)52-44-18-8-4-13-36(44)40-28-31(22-26-46(40)52)32-23-27-47-41(29-32)37-14-5-9-19-45(37)53(47)48-20-11-16-39-38-15-6-10-21-49(38)54-50(39)48/h3-30H,1-2H3. The van der Waals surface area contributed by atoms with Crippen LogP contribution in [0.25, 0.3) is 97.4 Å². The molecule has 0 atom stereocenters. The van der Waals surface area contributed by atoms with Gasteiger partial charge < -0.3 is 9.13 Å². The van der Waals surface area contributed by atoms with Crippen molar-refractivity contribution in [3.63, 3.8) is 0 Å². The number of nitrogens with zero attached hydrogens (tertiary/aromatic N) is 2. The minimum Gasteiger partial charge on any atom is -0.309 e. The van der Waals surface area contributed by atoms with Gasteiger partial charge in [-0.2, -0.15) is 0 Å². The molecule has 0 unspecified atom stereocenters. The van der Waals surface area contributed by atoms with Crippen LogP contribution >= 0.6 is 11.3 Å². The lowest BCUT2D eigenvalue weighted by atomic mass is 9.82. The fraction of sp³-hybridized carbons (Fsp3) is 0.0588. The van der Waals surface area contributed by atoms with Crippen LogP contribution in [-0.2, 0) is 5.41 Å². The summed E-state index contributed by atoms with van der Waals surface area (Å²) >= 11 is 1.89. The molecule has 0 saturated carbocycles. The van der Waals surface area contributed by atoms with Crippen molar-refractivity contribution in [3.8, 4) is 33.6 Å². The van der Waals surface area contributed by atoms with Crippen LogP contribution < -0.4 is 0 Å². The summed E-state index contributed by atoms with van der Waals surface area (Å²) in [5, 5.41) is 7.72. The van der Waals surface area contributed by atoms with Gasteiger partial charge in [-0.05, 0) is 94.0 Å². The van der Waals surface area contributed by atoms with Gasteiger partial charge in [0.1, 0.15) is 0 Å². The molecule has 54 heavy (non-hydrogen) atoms. The number of fused-ring (bicyclic) bond motifs is 12. The maximum atomic E-state index is 2.47. The van der Waals surface area contributed by atoms with E-state index in [2.05, 4.69) is 193 Å². The predicted molar refractivity (Wildman–Crippen MR) is 231 cm³/mol. The average molecular weight is 707 g/mol. The molecule has 0 amide bonds. The van der Waals surface area contributed by atoms with Crippen LogP contribution in [0, 0.1) is 0 Å². The molecule has 0 spiro atoms. The van der Waals surface area contributed by atoms with Crippen LogP contribution in [-0.4, -0.2) is 9.13 Å². The molecule has 0 saturated heterocycles. The van der Waals surface area contributed by atoms with E-state index in [0.29, 0.717) is 0 Å². The Balaban J connectivity index is 1.03. The highest BCUT2D eigenvalue weighted by Gasteiger charge is 2.35. The lowest BCUT2D eigenvalue weighted by Crippen LogP contribution is -2.15. The Kier molecular flexibility index (Phi) is 6.03. The Bertz CT molecular complexity index is 3370. The zero-order valence-corrected chi connectivity index (χ0v) is 30.8. The Hall–Kier alpha value is -6.42. The van der Waals surface area contributed by atoms with Crippen LogP contribution in [0.3, 0.4) is 0 Å². The summed E-state index contributed by atoms with van der Waals surface area (Å²) in [4.78, 5) is 0. The Morgan fingerprint density at radius 1 is 0.407 bits per heavy atom. The first kappa shape index (κ1) is 30.1. The molecule has 3 heteroatoms. The maximum Gasteiger partial charge on any atom is 0.0640 e. The predicted octanol–water partition coefficient (Wildman–Crippen LogP) is 14.2. The van der Waals surface area contributed by atoms with Crippen LogP contribution in [0.1, 0.15) is 25.0 Å². The van der Waals surface area contributed by atoms with Gasteiger partial charge in [0.25, 0.3) is 0 Å². The number of para-hydroxylation sites is 2. The van der Waals surface area contributed by atoms with Crippen molar-refractivity contribution < 1.29 is 0 Å². The molecule has 11 aromatic rings. The van der Waals surface area contributed by atoms with Crippen molar-refractivity contribution in [2.45, 2.75) is 19.3 Å². The second-order valence-corrected chi connectivity index (χ2v) is 16.4. The van der Waals surface area contributed by atoms with Crippen LogP contribution in [0.4, 0.5) is 0 Å². The number of thiophene rings is 1. The van der Waals surface area contributed by atoms with E-state index >= 15 is 0 Å². The molecule has 1 aliphatic carbocycles. The van der Waals surface area contributed by atoms with Gasteiger partial charge in [-0.3, -0.25) is 0 Å². The lowest BCUT2D eigenvalue weighted by Gasteiger charge is -2.22. The monoisotopic (exact) mass is 706 g/mol. The van der Waals surface area contributed by atoms with Gasteiger partial charge in [0.2, 0.25) is 0 Å². The van der Waals surface area contributed by atoms with E-state index in [9.17, 15) is 0 Å². The van der Waals surface area contributed by atoms with Crippen LogP contribution in [0.5, 0.6) is 0 Å². The second-order valence-electron chi connectivity index (χ2n) is 15.3. The van der Waals surface area contributed by atoms with Gasteiger partial charge in [0.05, 0.1) is 32.5 Å². The maximum absolute atomic E-state index is 2.47. The Labute approximate surface area is 316 Å². The van der Waals surface area contributed by atoms with Gasteiger partial charge >= 0.3 is 0 Å². The third-order valence-corrected chi connectivity index (χ3v) is 13.3. The zero-order chi connectivity index (χ0) is 35.7. The molecule has 0 fully saturated rings. The summed E-state index contributed by atoms with van der Waals surface area (Å²) in [7, 11) is 0. The van der Waals surface area contributed by atoms with Gasteiger partial charge in [-0.1, -0.05) is 123 Å². The molecule has 254 valence electrons. The summed E-state index contributed by atoms with van der Waals surface area (Å²) in [6, 6.07) is 63.3. The van der Waals surface area contributed by atoms with Crippen molar-refractivity contribution >= 4 is 75.1 Å². The van der Waals surface area contributed by atoms with Crippen molar-refractivity contribution in [3.05, 3.63) is 181 Å². The SMILES string of the molecule is CC1(C)c2ccccc2-c2ccc(-n3c4ccccc4c4cc(-c5ccc6c(c5)c5ccccc5n6-c5cccc6c5sc5ccccc56)ccc43)cc21. The fourth-order valence-corrected chi connectivity index (χ4v) is 10.8. The molecule has 1 aliphatic rings. The Morgan fingerprint density at radius 3 is 1.74 bits per heavy atom. The first-order valence-corrected chi connectivity index (χ1v) is 19.6. The van der Waals surface area contributed by atoms with Crippen molar-refractivity contribution in [1.29, 1.82) is 0 Å². The van der Waals surface area contributed by atoms with Crippen molar-refractivity contribution in [2.75, 3.05) is 0 Å². The Morgan fingerprint density at radius 2 is 0.981 bits per heavy atom. The minimum atomic E-state index is -0.0555. The first-order chi connectivity index (χ1) is 26.5. The number of benzene rings is 8. The zero-order valence-electron chi connectivity index (χ0n) is 30.0. The summed E-state index contributed by atoms with van der Waals surface area (Å²) in [5.74, 6) is 0. The van der Waals surface area contributed by atoms with E-state index in [1.165, 1.54) is 109 Å². The number of aromatic nitrogens is 2. The van der Waals surface area contributed by atoms with Crippen molar-refractivity contribution in [2.24, 2.45) is 0 Å². The molecule has 3 heterocycles. The molecule has 8 aromatic carbocycles. The number of rotatable bonds is 3. The van der Waals surface area contributed by atoms with E-state index in [1.54, 1.807) is 0 Å². The molecular weight excluding hydrogens is 673 g/mol. The summed E-state index contributed by atoms with van der Waals surface area (Å²) in [6.45, 7) is 4.72. The highest BCUT2D eigenvalue weighted by molar-refractivity contribution is 7.26. The minimum absolute atomic E-state index is 0.0555. The second kappa shape index (κ2) is 10.8. The largest absolute Gasteiger partial charge is 0.309 e. The molecule has 3 aromatic heterocycles. The number of hydrogen-bond acceptors (Lipinski definition) is 1. The summed E-state index contributed by atoms with van der Waals surface area (Å²) in [5.41, 5.74) is 15.2. The third kappa shape index (κ3) is 4.00. The quantitative estimate of drug-likeness (QED) is 0.173. The van der Waals surface area contributed by atoms with Gasteiger partial charge in [-0.15, -0.1) is 11.3 Å². The van der Waals surface area contributed by atoms with Crippen LogP contribution in [0.15, 0.2) is 170 Å². The third-order valence-electron chi connectivity index (χ3n) is 12.1. The summed E-state index contributed by atoms with van der Waals surface area (Å²) in [6.07, 6.45) is 0. The normalized spacial score (nSPS) is 13.5. The topological polar surface area (TPSA) is 9.86 Å². The van der Waals surface area contributed by atoms with E-state index in [1.807, 2.05) is 11.3 Å². The number of hydrogen-bond donors (Lipinski definition) is 0. The molecule has 0 N–H and O–H groups in total. The van der Waals surface area contributed by atoms with Gasteiger partial charge in [-0.25, -0.2) is 0 Å².